The van der Waals surface area contributed by atoms with Gasteiger partial charge in [-0.15, -0.1) is 5.10 Å². The van der Waals surface area contributed by atoms with Gasteiger partial charge in [0.1, 0.15) is 5.75 Å². The first-order valence-corrected chi connectivity index (χ1v) is 10.6. The highest BCUT2D eigenvalue weighted by Crippen LogP contribution is 2.28. The van der Waals surface area contributed by atoms with Crippen LogP contribution in [0.4, 0.5) is 18.9 Å². The highest BCUT2D eigenvalue weighted by atomic mass is 19.4. The molecule has 2 aromatic heterocycles. The minimum absolute atomic E-state index is 0.111. The second-order valence-corrected chi connectivity index (χ2v) is 8.00. The molecule has 10 heteroatoms. The quantitative estimate of drug-likeness (QED) is 0.595. The van der Waals surface area contributed by atoms with E-state index < -0.39 is 12.0 Å². The number of nitrogens with zero attached hydrogens (tertiary/aromatic N) is 4. The fourth-order valence-electron chi connectivity index (χ4n) is 3.97. The summed E-state index contributed by atoms with van der Waals surface area (Å²) in [5, 5.41) is 6.37. The summed E-state index contributed by atoms with van der Waals surface area (Å²) < 4.78 is 45.8. The third-order valence-corrected chi connectivity index (χ3v) is 5.65. The van der Waals surface area contributed by atoms with Crippen molar-refractivity contribution in [1.82, 2.24) is 19.6 Å². The van der Waals surface area contributed by atoms with Gasteiger partial charge in [0, 0.05) is 23.5 Å². The van der Waals surface area contributed by atoms with Crippen molar-refractivity contribution < 1.29 is 22.7 Å². The summed E-state index contributed by atoms with van der Waals surface area (Å²) in [4.78, 5) is 20.0. The molecule has 1 saturated carbocycles. The molecular formula is C22H24F3N5O2. The van der Waals surface area contributed by atoms with Crippen LogP contribution in [0.3, 0.4) is 0 Å². The van der Waals surface area contributed by atoms with Crippen molar-refractivity contribution in [2.45, 2.75) is 64.7 Å². The minimum atomic E-state index is -4.65. The van der Waals surface area contributed by atoms with Crippen molar-refractivity contribution in [3.05, 3.63) is 47.0 Å². The first-order valence-electron chi connectivity index (χ1n) is 10.6. The van der Waals surface area contributed by atoms with Crippen LogP contribution in [0.2, 0.25) is 0 Å². The number of halogens is 3. The highest BCUT2D eigenvalue weighted by molar-refractivity contribution is 5.90. The normalized spacial score (nSPS) is 14.8. The molecule has 4 rings (SSSR count). The van der Waals surface area contributed by atoms with Crippen LogP contribution in [0.1, 0.15) is 54.9 Å². The lowest BCUT2D eigenvalue weighted by molar-refractivity contribution is -0.144. The Balaban J connectivity index is 1.39. The van der Waals surface area contributed by atoms with E-state index in [1.54, 1.807) is 26.0 Å². The molecule has 1 aromatic carbocycles. The average molecular weight is 447 g/mol. The molecule has 1 amide bonds. The van der Waals surface area contributed by atoms with Gasteiger partial charge in [0.25, 0.3) is 11.6 Å². The summed E-state index contributed by atoms with van der Waals surface area (Å²) in [6.07, 6.45) is 0.623. The van der Waals surface area contributed by atoms with Gasteiger partial charge in [-0.2, -0.15) is 18.2 Å². The molecule has 0 unspecified atom stereocenters. The summed E-state index contributed by atoms with van der Waals surface area (Å²) in [5.74, 6) is -0.766. The number of carbonyl (C=O) groups is 1. The summed E-state index contributed by atoms with van der Waals surface area (Å²) in [6.45, 7) is 3.33. The molecular weight excluding hydrogens is 423 g/mol. The Morgan fingerprint density at radius 1 is 1.16 bits per heavy atom. The highest BCUT2D eigenvalue weighted by Gasteiger charge is 2.37. The van der Waals surface area contributed by atoms with Crippen LogP contribution in [-0.4, -0.2) is 31.6 Å². The molecule has 1 aliphatic rings. The zero-order chi connectivity index (χ0) is 22.9. The minimum Gasteiger partial charge on any atom is -0.490 e. The van der Waals surface area contributed by atoms with E-state index >= 15 is 0 Å². The molecule has 0 radical (unpaired) electrons. The van der Waals surface area contributed by atoms with Gasteiger partial charge in [-0.05, 0) is 75.8 Å². The fourth-order valence-corrected chi connectivity index (χ4v) is 3.97. The van der Waals surface area contributed by atoms with Crippen LogP contribution in [0.25, 0.3) is 5.78 Å². The number of aryl methyl sites for hydroxylation is 2. The Kier molecular flexibility index (Phi) is 6.03. The molecule has 1 fully saturated rings. The van der Waals surface area contributed by atoms with E-state index in [9.17, 15) is 18.0 Å². The predicted molar refractivity (Wildman–Crippen MR) is 112 cm³/mol. The van der Waals surface area contributed by atoms with Gasteiger partial charge in [0.15, 0.2) is 0 Å². The van der Waals surface area contributed by atoms with Crippen LogP contribution in [0.15, 0.2) is 24.3 Å². The molecule has 0 bridgehead atoms. The molecule has 1 N–H and O–H groups in total. The van der Waals surface area contributed by atoms with Crippen molar-refractivity contribution in [1.29, 1.82) is 0 Å². The molecule has 0 atom stereocenters. The number of aromatic nitrogens is 4. The summed E-state index contributed by atoms with van der Waals surface area (Å²) in [5.41, 5.74) is 2.34. The Morgan fingerprint density at radius 3 is 2.50 bits per heavy atom. The van der Waals surface area contributed by atoms with Crippen molar-refractivity contribution in [3.63, 3.8) is 0 Å². The standard InChI is InChI=1S/C22H24F3N5O2/c1-13-18(14(2)30-21(26-13)28-20(29-30)22(23,24)25)11-12-19(31)27-15-7-9-17(10-8-15)32-16-5-3-4-6-16/h7-10,16H,3-6,11-12H2,1-2H3,(H,27,31). The van der Waals surface area contributed by atoms with Crippen molar-refractivity contribution in [2.24, 2.45) is 0 Å². The van der Waals surface area contributed by atoms with Gasteiger partial charge in [-0.25, -0.2) is 9.50 Å². The molecule has 1 aliphatic carbocycles. The Labute approximate surface area is 183 Å². The number of amides is 1. The monoisotopic (exact) mass is 447 g/mol. The van der Waals surface area contributed by atoms with E-state index in [-0.39, 0.29) is 24.2 Å². The largest absolute Gasteiger partial charge is 0.490 e. The number of alkyl halides is 3. The van der Waals surface area contributed by atoms with Gasteiger partial charge < -0.3 is 10.1 Å². The fraction of sp³-hybridized carbons (Fsp3) is 0.455. The van der Waals surface area contributed by atoms with Crippen molar-refractivity contribution >= 4 is 17.4 Å². The molecule has 0 spiro atoms. The number of carbonyl (C=O) groups excluding carboxylic acids is 1. The number of fused-ring (bicyclic) bond motifs is 1. The number of rotatable bonds is 6. The molecule has 3 aromatic rings. The Hall–Kier alpha value is -3.17. The van der Waals surface area contributed by atoms with E-state index in [1.807, 2.05) is 12.1 Å². The maximum atomic E-state index is 12.9. The zero-order valence-corrected chi connectivity index (χ0v) is 17.9. The molecule has 2 heterocycles. The summed E-state index contributed by atoms with van der Waals surface area (Å²) >= 11 is 0. The SMILES string of the molecule is Cc1nc2nc(C(F)(F)F)nn2c(C)c1CCC(=O)Nc1ccc(OC2CCCC2)cc1. The van der Waals surface area contributed by atoms with Crippen LogP contribution >= 0.6 is 0 Å². The van der Waals surface area contributed by atoms with E-state index in [4.69, 9.17) is 4.74 Å². The average Bonchev–Trinajstić information content (AvgIpc) is 3.39. The lowest BCUT2D eigenvalue weighted by Gasteiger charge is -2.13. The van der Waals surface area contributed by atoms with E-state index in [0.29, 0.717) is 29.1 Å². The molecule has 32 heavy (non-hydrogen) atoms. The van der Waals surface area contributed by atoms with Gasteiger partial charge >= 0.3 is 6.18 Å². The Morgan fingerprint density at radius 2 is 1.84 bits per heavy atom. The lowest BCUT2D eigenvalue weighted by Crippen LogP contribution is -2.14. The first-order chi connectivity index (χ1) is 15.2. The number of nitrogens with one attached hydrogen (secondary N) is 1. The van der Waals surface area contributed by atoms with Crippen LogP contribution < -0.4 is 10.1 Å². The van der Waals surface area contributed by atoms with E-state index in [1.165, 1.54) is 12.8 Å². The number of hydrogen-bond donors (Lipinski definition) is 1. The summed E-state index contributed by atoms with van der Waals surface area (Å²) in [7, 11) is 0. The van der Waals surface area contributed by atoms with Gasteiger partial charge in [0.2, 0.25) is 5.91 Å². The van der Waals surface area contributed by atoms with Crippen molar-refractivity contribution in [3.8, 4) is 5.75 Å². The third kappa shape index (κ3) is 4.84. The molecule has 170 valence electrons. The lowest BCUT2D eigenvalue weighted by atomic mass is 10.1. The second-order valence-electron chi connectivity index (χ2n) is 8.00. The van der Waals surface area contributed by atoms with Gasteiger partial charge in [-0.3, -0.25) is 4.79 Å². The van der Waals surface area contributed by atoms with Crippen LogP contribution in [-0.2, 0) is 17.4 Å². The summed E-state index contributed by atoms with van der Waals surface area (Å²) in [6, 6.07) is 7.26. The van der Waals surface area contributed by atoms with E-state index in [0.717, 1.165) is 23.1 Å². The van der Waals surface area contributed by atoms with Crippen molar-refractivity contribution in [2.75, 3.05) is 5.32 Å². The van der Waals surface area contributed by atoms with Gasteiger partial charge in [-0.1, -0.05) is 0 Å². The molecule has 0 aliphatic heterocycles. The van der Waals surface area contributed by atoms with Crippen LogP contribution in [0.5, 0.6) is 5.75 Å². The second kappa shape index (κ2) is 8.76. The topological polar surface area (TPSA) is 81.4 Å². The smallest absolute Gasteiger partial charge is 0.453 e. The van der Waals surface area contributed by atoms with Gasteiger partial charge in [0.05, 0.1) is 6.10 Å². The molecule has 7 nitrogen and oxygen atoms in total. The maximum absolute atomic E-state index is 12.9. The molecule has 0 saturated heterocycles. The number of hydrogen-bond acceptors (Lipinski definition) is 5. The number of benzene rings is 1. The number of anilines is 1. The van der Waals surface area contributed by atoms with Crippen LogP contribution in [0, 0.1) is 13.8 Å². The maximum Gasteiger partial charge on any atom is 0.453 e. The number of ether oxygens (including phenoxy) is 1. The first kappa shape index (κ1) is 22.0. The third-order valence-electron chi connectivity index (χ3n) is 5.65. The van der Waals surface area contributed by atoms with E-state index in [2.05, 4.69) is 20.4 Å². The zero-order valence-electron chi connectivity index (χ0n) is 17.9. The Bertz CT molecular complexity index is 1120. The predicted octanol–water partition coefficient (Wildman–Crippen LogP) is 4.65.